The highest BCUT2D eigenvalue weighted by Gasteiger charge is 2.42. The van der Waals surface area contributed by atoms with Crippen molar-refractivity contribution in [3.63, 3.8) is 0 Å². The van der Waals surface area contributed by atoms with Gasteiger partial charge in [-0.05, 0) is 43.2 Å². The van der Waals surface area contributed by atoms with Gasteiger partial charge in [0, 0.05) is 12.8 Å². The molecule has 0 amide bonds. The summed E-state index contributed by atoms with van der Waals surface area (Å²) in [5.74, 6) is 0.354. The number of hydrogen-bond acceptors (Lipinski definition) is 6. The highest BCUT2D eigenvalue weighted by molar-refractivity contribution is 5.92. The summed E-state index contributed by atoms with van der Waals surface area (Å²) in [7, 11) is 0. The third-order valence-electron chi connectivity index (χ3n) is 3.48. The van der Waals surface area contributed by atoms with Gasteiger partial charge in [-0.2, -0.15) is 0 Å². The molecular formula is C15H16N2O4. The van der Waals surface area contributed by atoms with Crippen LogP contribution in [0.3, 0.4) is 0 Å². The third kappa shape index (κ3) is 2.74. The summed E-state index contributed by atoms with van der Waals surface area (Å²) in [5, 5.41) is 7.50. The molecule has 0 aliphatic carbocycles. The van der Waals surface area contributed by atoms with Crippen LogP contribution in [0.15, 0.2) is 28.5 Å². The molecule has 1 aromatic rings. The fourth-order valence-electron chi connectivity index (χ4n) is 2.36. The maximum Gasteiger partial charge on any atom is 0.381 e. The normalized spacial score (nSPS) is 23.4. The van der Waals surface area contributed by atoms with E-state index in [-0.39, 0.29) is 0 Å². The molecule has 2 aliphatic heterocycles. The van der Waals surface area contributed by atoms with Gasteiger partial charge in [-0.15, -0.1) is 0 Å². The molecule has 3 rings (SSSR count). The van der Waals surface area contributed by atoms with Gasteiger partial charge in [-0.25, -0.2) is 4.79 Å². The smallest absolute Gasteiger partial charge is 0.381 e. The Morgan fingerprint density at radius 1 is 1.52 bits per heavy atom. The summed E-state index contributed by atoms with van der Waals surface area (Å²) in [6, 6.07) is 5.73. The van der Waals surface area contributed by atoms with E-state index < -0.39 is 11.6 Å². The van der Waals surface area contributed by atoms with E-state index in [1.807, 2.05) is 18.2 Å². The molecule has 21 heavy (non-hydrogen) atoms. The molecule has 1 unspecified atom stereocenters. The first-order chi connectivity index (χ1) is 10.1. The van der Waals surface area contributed by atoms with Crippen LogP contribution in [-0.4, -0.2) is 30.1 Å². The Morgan fingerprint density at radius 3 is 3.14 bits per heavy atom. The van der Waals surface area contributed by atoms with Crippen LogP contribution in [-0.2, 0) is 20.9 Å². The fraction of sp³-hybridized carbons (Fsp3) is 0.400. The first-order valence-electron chi connectivity index (χ1n) is 6.79. The lowest BCUT2D eigenvalue weighted by molar-refractivity contribution is -0.167. The predicted octanol–water partition coefficient (Wildman–Crippen LogP) is 2.05. The van der Waals surface area contributed by atoms with Gasteiger partial charge in [-0.1, -0.05) is 10.3 Å². The molecule has 0 bridgehead atoms. The van der Waals surface area contributed by atoms with Gasteiger partial charge in [0.1, 0.15) is 5.75 Å². The van der Waals surface area contributed by atoms with Gasteiger partial charge < -0.3 is 14.4 Å². The van der Waals surface area contributed by atoms with Gasteiger partial charge in [0.05, 0.1) is 18.5 Å². The summed E-state index contributed by atoms with van der Waals surface area (Å²) >= 11 is 0. The summed E-state index contributed by atoms with van der Waals surface area (Å²) in [4.78, 5) is 21.9. The van der Waals surface area contributed by atoms with E-state index >= 15 is 0 Å². The van der Waals surface area contributed by atoms with E-state index in [4.69, 9.17) is 14.4 Å². The number of ether oxygens (including phenoxy) is 1. The van der Waals surface area contributed by atoms with Crippen molar-refractivity contribution in [1.29, 1.82) is 0 Å². The van der Waals surface area contributed by atoms with E-state index in [9.17, 15) is 4.79 Å². The molecule has 0 saturated heterocycles. The monoisotopic (exact) mass is 288 g/mol. The van der Waals surface area contributed by atoms with E-state index in [0.717, 1.165) is 29.0 Å². The molecule has 0 aromatic heterocycles. The largest absolute Gasteiger partial charge is 0.493 e. The van der Waals surface area contributed by atoms with Crippen molar-refractivity contribution >= 4 is 17.9 Å². The zero-order valence-electron chi connectivity index (χ0n) is 12.0. The number of fused-ring (bicyclic) bond motifs is 1. The molecule has 0 spiro atoms. The van der Waals surface area contributed by atoms with Gasteiger partial charge >= 0.3 is 5.97 Å². The standard InChI is InChI=1S/C15H16N2O4/c1-10-8-15(2,21-17-10)14(18)20-16-9-11-3-4-13-12(7-11)5-6-19-13/h3-4,7,9H,5-6,8H2,1-2H3/b16-9+. The summed E-state index contributed by atoms with van der Waals surface area (Å²) in [6.07, 6.45) is 2.80. The molecule has 0 radical (unpaired) electrons. The number of oxime groups is 2. The van der Waals surface area contributed by atoms with Crippen molar-refractivity contribution in [2.75, 3.05) is 6.61 Å². The minimum Gasteiger partial charge on any atom is -0.493 e. The summed E-state index contributed by atoms with van der Waals surface area (Å²) in [6.45, 7) is 4.14. The molecule has 0 fully saturated rings. The minimum atomic E-state index is -1.08. The average molecular weight is 288 g/mol. The van der Waals surface area contributed by atoms with Gasteiger partial charge in [0.2, 0.25) is 5.60 Å². The van der Waals surface area contributed by atoms with E-state index in [2.05, 4.69) is 10.3 Å². The number of hydrogen-bond donors (Lipinski definition) is 0. The second kappa shape index (κ2) is 5.20. The molecule has 2 heterocycles. The van der Waals surface area contributed by atoms with Gasteiger partial charge in [-0.3, -0.25) is 0 Å². The number of benzene rings is 1. The summed E-state index contributed by atoms with van der Waals surface area (Å²) < 4.78 is 5.43. The lowest BCUT2D eigenvalue weighted by Gasteiger charge is -2.16. The van der Waals surface area contributed by atoms with Gasteiger partial charge in [0.25, 0.3) is 0 Å². The lowest BCUT2D eigenvalue weighted by Crippen LogP contribution is -2.36. The van der Waals surface area contributed by atoms with Crippen molar-refractivity contribution in [3.05, 3.63) is 29.3 Å². The number of nitrogens with zero attached hydrogens (tertiary/aromatic N) is 2. The molecule has 0 saturated carbocycles. The first kappa shape index (κ1) is 13.6. The van der Waals surface area contributed by atoms with Crippen LogP contribution in [0.1, 0.15) is 31.4 Å². The SMILES string of the molecule is CC1=NOC(C)(C(=O)O/N=C/c2ccc3c(c2)CCO3)C1. The molecule has 1 aromatic carbocycles. The van der Waals surface area contributed by atoms with Crippen molar-refractivity contribution in [2.45, 2.75) is 32.3 Å². The van der Waals surface area contributed by atoms with Crippen molar-refractivity contribution < 1.29 is 19.2 Å². The molecular weight excluding hydrogens is 272 g/mol. The Morgan fingerprint density at radius 2 is 2.38 bits per heavy atom. The first-order valence-corrected chi connectivity index (χ1v) is 6.79. The Bertz CT molecular complexity index is 639. The van der Waals surface area contributed by atoms with Crippen LogP contribution in [0.4, 0.5) is 0 Å². The molecule has 2 aliphatic rings. The molecule has 0 N–H and O–H groups in total. The Kier molecular flexibility index (Phi) is 3.37. The Balaban J connectivity index is 1.61. The molecule has 1 atom stereocenters. The van der Waals surface area contributed by atoms with Crippen molar-refractivity contribution in [2.24, 2.45) is 10.3 Å². The number of carbonyl (C=O) groups is 1. The topological polar surface area (TPSA) is 69.5 Å². The molecule has 110 valence electrons. The van der Waals surface area contributed by atoms with E-state index in [0.29, 0.717) is 13.0 Å². The van der Waals surface area contributed by atoms with Gasteiger partial charge in [0.15, 0.2) is 0 Å². The second-order valence-corrected chi connectivity index (χ2v) is 5.40. The maximum absolute atomic E-state index is 11.9. The number of rotatable bonds is 3. The van der Waals surface area contributed by atoms with Crippen LogP contribution in [0.2, 0.25) is 0 Å². The zero-order valence-corrected chi connectivity index (χ0v) is 12.0. The maximum atomic E-state index is 11.9. The molecule has 6 nitrogen and oxygen atoms in total. The fourth-order valence-corrected chi connectivity index (χ4v) is 2.36. The van der Waals surface area contributed by atoms with Crippen molar-refractivity contribution in [1.82, 2.24) is 0 Å². The highest BCUT2D eigenvalue weighted by atomic mass is 16.7. The quantitative estimate of drug-likeness (QED) is 0.485. The van der Waals surface area contributed by atoms with Crippen LogP contribution in [0.5, 0.6) is 5.75 Å². The van der Waals surface area contributed by atoms with E-state index in [1.54, 1.807) is 13.8 Å². The van der Waals surface area contributed by atoms with Crippen LogP contribution >= 0.6 is 0 Å². The number of carbonyl (C=O) groups excluding carboxylic acids is 1. The Labute approximate surface area is 122 Å². The lowest BCUT2D eigenvalue weighted by atomic mass is 10.0. The van der Waals surface area contributed by atoms with Crippen LogP contribution < -0.4 is 4.74 Å². The van der Waals surface area contributed by atoms with Crippen LogP contribution in [0, 0.1) is 0 Å². The minimum absolute atomic E-state index is 0.414. The van der Waals surface area contributed by atoms with E-state index in [1.165, 1.54) is 6.21 Å². The summed E-state index contributed by atoms with van der Waals surface area (Å²) in [5.41, 5.74) is 1.68. The zero-order chi connectivity index (χ0) is 14.9. The highest BCUT2D eigenvalue weighted by Crippen LogP contribution is 2.26. The average Bonchev–Trinajstić information content (AvgIpc) is 3.05. The second-order valence-electron chi connectivity index (χ2n) is 5.40. The van der Waals surface area contributed by atoms with Crippen LogP contribution in [0.25, 0.3) is 0 Å². The Hall–Kier alpha value is -2.37. The third-order valence-corrected chi connectivity index (χ3v) is 3.48. The predicted molar refractivity (Wildman–Crippen MR) is 76.5 cm³/mol. The van der Waals surface area contributed by atoms with Crippen molar-refractivity contribution in [3.8, 4) is 5.75 Å². The molecule has 6 heteroatoms.